The quantitative estimate of drug-likeness (QED) is 0.490. The summed E-state index contributed by atoms with van der Waals surface area (Å²) in [7, 11) is 1.55. The standard InChI is InChI=1S/C24H28N2O3/c1-3-4-12-25-24(28)16-8-10-20-19(13-16)17-6-5-7-18(17)23(26-20)15-9-11-22(29-2)21(27)14-15/h5-6,8-11,13-14,17-18,23,26-27H,3-4,7,12H2,1-2H3,(H,25,28). The second-order valence-corrected chi connectivity index (χ2v) is 7.82. The van der Waals surface area contributed by atoms with Gasteiger partial charge in [-0.2, -0.15) is 0 Å². The number of aromatic hydroxyl groups is 1. The van der Waals surface area contributed by atoms with E-state index in [0.717, 1.165) is 30.5 Å². The Morgan fingerprint density at radius 2 is 2.14 bits per heavy atom. The Bertz CT molecular complexity index is 938. The molecule has 4 rings (SSSR count). The molecule has 0 radical (unpaired) electrons. The maximum atomic E-state index is 12.5. The van der Waals surface area contributed by atoms with Gasteiger partial charge in [0.2, 0.25) is 0 Å². The van der Waals surface area contributed by atoms with Crippen LogP contribution in [0, 0.1) is 5.92 Å². The lowest BCUT2D eigenvalue weighted by atomic mass is 9.76. The summed E-state index contributed by atoms with van der Waals surface area (Å²) in [6.45, 7) is 2.82. The van der Waals surface area contributed by atoms with Crippen LogP contribution in [0.4, 0.5) is 5.69 Å². The molecule has 2 aliphatic rings. The van der Waals surface area contributed by atoms with E-state index in [-0.39, 0.29) is 23.6 Å². The topological polar surface area (TPSA) is 70.6 Å². The molecule has 0 aromatic heterocycles. The molecule has 29 heavy (non-hydrogen) atoms. The lowest BCUT2D eigenvalue weighted by Crippen LogP contribution is -2.30. The number of amides is 1. The Labute approximate surface area is 171 Å². The largest absolute Gasteiger partial charge is 0.504 e. The summed E-state index contributed by atoms with van der Waals surface area (Å²) in [4.78, 5) is 12.5. The molecule has 5 heteroatoms. The van der Waals surface area contributed by atoms with Crippen molar-refractivity contribution in [2.75, 3.05) is 19.0 Å². The molecule has 0 saturated carbocycles. The van der Waals surface area contributed by atoms with Crippen LogP contribution in [-0.4, -0.2) is 24.7 Å². The minimum absolute atomic E-state index is 0.0121. The number of hydrogen-bond donors (Lipinski definition) is 3. The molecule has 0 fully saturated rings. The summed E-state index contributed by atoms with van der Waals surface area (Å²) >= 11 is 0. The van der Waals surface area contributed by atoms with Crippen molar-refractivity contribution < 1.29 is 14.6 Å². The third kappa shape index (κ3) is 3.69. The second kappa shape index (κ2) is 8.19. The van der Waals surface area contributed by atoms with Crippen LogP contribution < -0.4 is 15.4 Å². The first-order valence-electron chi connectivity index (χ1n) is 10.3. The van der Waals surface area contributed by atoms with Crippen LogP contribution >= 0.6 is 0 Å². The van der Waals surface area contributed by atoms with Gasteiger partial charge in [0, 0.05) is 23.7 Å². The summed E-state index contributed by atoms with van der Waals surface area (Å²) in [6.07, 6.45) is 7.48. The summed E-state index contributed by atoms with van der Waals surface area (Å²) in [5, 5.41) is 16.9. The number of ether oxygens (including phenoxy) is 1. The van der Waals surface area contributed by atoms with E-state index in [1.54, 1.807) is 13.2 Å². The number of methoxy groups -OCH3 is 1. The highest BCUT2D eigenvalue weighted by Crippen LogP contribution is 2.50. The van der Waals surface area contributed by atoms with Crippen LogP contribution in [-0.2, 0) is 0 Å². The maximum absolute atomic E-state index is 12.5. The highest BCUT2D eigenvalue weighted by atomic mass is 16.5. The van der Waals surface area contributed by atoms with Gasteiger partial charge in [0.15, 0.2) is 11.5 Å². The first kappa shape index (κ1) is 19.4. The summed E-state index contributed by atoms with van der Waals surface area (Å²) < 4.78 is 5.18. The average Bonchev–Trinajstić information content (AvgIpc) is 3.23. The van der Waals surface area contributed by atoms with Gasteiger partial charge in [0.25, 0.3) is 5.91 Å². The smallest absolute Gasteiger partial charge is 0.251 e. The molecule has 3 unspecified atom stereocenters. The predicted molar refractivity (Wildman–Crippen MR) is 115 cm³/mol. The fourth-order valence-corrected chi connectivity index (χ4v) is 4.45. The number of anilines is 1. The third-order valence-electron chi connectivity index (χ3n) is 6.00. The van der Waals surface area contributed by atoms with Crippen molar-refractivity contribution in [2.45, 2.75) is 38.1 Å². The molecule has 1 aliphatic heterocycles. The van der Waals surface area contributed by atoms with E-state index in [2.05, 4.69) is 29.7 Å². The SMILES string of the molecule is CCCCNC(=O)c1ccc2c(c1)C1C=CCC1C(c1ccc(OC)c(O)c1)N2. The van der Waals surface area contributed by atoms with Crippen LogP contribution in [0.25, 0.3) is 0 Å². The molecule has 2 aromatic carbocycles. The average molecular weight is 392 g/mol. The Morgan fingerprint density at radius 1 is 1.28 bits per heavy atom. The van der Waals surface area contributed by atoms with Crippen molar-refractivity contribution in [1.82, 2.24) is 5.32 Å². The van der Waals surface area contributed by atoms with E-state index in [1.807, 2.05) is 30.3 Å². The number of allylic oxidation sites excluding steroid dienone is 2. The highest BCUT2D eigenvalue weighted by Gasteiger charge is 2.38. The number of rotatable bonds is 6. The molecular formula is C24H28N2O3. The van der Waals surface area contributed by atoms with E-state index < -0.39 is 0 Å². The van der Waals surface area contributed by atoms with Crippen LogP contribution in [0.5, 0.6) is 11.5 Å². The van der Waals surface area contributed by atoms with Gasteiger partial charge in [0.1, 0.15) is 0 Å². The van der Waals surface area contributed by atoms with Crippen molar-refractivity contribution >= 4 is 11.6 Å². The molecule has 0 spiro atoms. The summed E-state index contributed by atoms with van der Waals surface area (Å²) in [5.74, 6) is 1.21. The lowest BCUT2D eigenvalue weighted by Gasteiger charge is -2.37. The van der Waals surface area contributed by atoms with Crippen LogP contribution in [0.2, 0.25) is 0 Å². The number of carbonyl (C=O) groups is 1. The first-order valence-corrected chi connectivity index (χ1v) is 10.3. The molecule has 0 saturated heterocycles. The predicted octanol–water partition coefficient (Wildman–Crippen LogP) is 4.76. The van der Waals surface area contributed by atoms with Crippen molar-refractivity contribution in [3.8, 4) is 11.5 Å². The Kier molecular flexibility index (Phi) is 5.47. The van der Waals surface area contributed by atoms with Gasteiger partial charge in [0.05, 0.1) is 13.2 Å². The van der Waals surface area contributed by atoms with E-state index in [1.165, 1.54) is 5.56 Å². The Morgan fingerprint density at radius 3 is 2.90 bits per heavy atom. The lowest BCUT2D eigenvalue weighted by molar-refractivity contribution is 0.0953. The Balaban J connectivity index is 1.62. The molecule has 1 amide bonds. The van der Waals surface area contributed by atoms with Gasteiger partial charge >= 0.3 is 0 Å². The molecule has 152 valence electrons. The molecule has 1 heterocycles. The normalized spacial score (nSPS) is 21.8. The number of phenolic OH excluding ortho intramolecular Hbond substituents is 1. The summed E-state index contributed by atoms with van der Waals surface area (Å²) in [6, 6.07) is 11.6. The van der Waals surface area contributed by atoms with Gasteiger partial charge in [-0.05, 0) is 60.2 Å². The van der Waals surface area contributed by atoms with Crippen molar-refractivity contribution in [1.29, 1.82) is 0 Å². The van der Waals surface area contributed by atoms with Gasteiger partial charge in [-0.15, -0.1) is 0 Å². The van der Waals surface area contributed by atoms with Crippen molar-refractivity contribution in [3.63, 3.8) is 0 Å². The fraction of sp³-hybridized carbons (Fsp3) is 0.375. The van der Waals surface area contributed by atoms with Crippen molar-refractivity contribution in [2.24, 2.45) is 5.92 Å². The number of fused-ring (bicyclic) bond motifs is 3. The number of nitrogens with one attached hydrogen (secondary N) is 2. The van der Waals surface area contributed by atoms with Gasteiger partial charge in [-0.25, -0.2) is 0 Å². The van der Waals surface area contributed by atoms with E-state index in [9.17, 15) is 9.90 Å². The molecule has 3 N–H and O–H groups in total. The zero-order valence-electron chi connectivity index (χ0n) is 16.9. The fourth-order valence-electron chi connectivity index (χ4n) is 4.45. The zero-order valence-corrected chi connectivity index (χ0v) is 16.9. The van der Waals surface area contributed by atoms with E-state index in [0.29, 0.717) is 23.8 Å². The number of carbonyl (C=O) groups excluding carboxylic acids is 1. The third-order valence-corrected chi connectivity index (χ3v) is 6.00. The van der Waals surface area contributed by atoms with Crippen molar-refractivity contribution in [3.05, 3.63) is 65.2 Å². The minimum atomic E-state index is -0.0121. The number of unbranched alkanes of at least 4 members (excludes halogenated alkanes) is 1. The number of phenols is 1. The zero-order chi connectivity index (χ0) is 20.4. The minimum Gasteiger partial charge on any atom is -0.504 e. The van der Waals surface area contributed by atoms with Crippen LogP contribution in [0.3, 0.4) is 0 Å². The number of hydrogen-bond acceptors (Lipinski definition) is 4. The maximum Gasteiger partial charge on any atom is 0.251 e. The molecule has 2 aromatic rings. The van der Waals surface area contributed by atoms with Gasteiger partial charge < -0.3 is 20.5 Å². The number of benzene rings is 2. The second-order valence-electron chi connectivity index (χ2n) is 7.82. The van der Waals surface area contributed by atoms with E-state index in [4.69, 9.17) is 4.74 Å². The van der Waals surface area contributed by atoms with E-state index >= 15 is 0 Å². The van der Waals surface area contributed by atoms with Crippen LogP contribution in [0.1, 0.15) is 59.6 Å². The molecule has 3 atom stereocenters. The first-order chi connectivity index (χ1) is 14.1. The summed E-state index contributed by atoms with van der Waals surface area (Å²) in [5.41, 5.74) is 3.96. The monoisotopic (exact) mass is 392 g/mol. The van der Waals surface area contributed by atoms with Crippen LogP contribution in [0.15, 0.2) is 48.6 Å². The molecule has 5 nitrogen and oxygen atoms in total. The van der Waals surface area contributed by atoms with Gasteiger partial charge in [-0.3, -0.25) is 4.79 Å². The highest BCUT2D eigenvalue weighted by molar-refractivity contribution is 5.95. The van der Waals surface area contributed by atoms with Gasteiger partial charge in [-0.1, -0.05) is 31.6 Å². The molecular weight excluding hydrogens is 364 g/mol. The molecule has 1 aliphatic carbocycles. The Hall–Kier alpha value is -2.95. The molecule has 0 bridgehead atoms.